The lowest BCUT2D eigenvalue weighted by Gasteiger charge is -2.05. The number of hydrogen-bond donors (Lipinski definition) is 1. The Bertz CT molecular complexity index is 513. The van der Waals surface area contributed by atoms with E-state index in [0.717, 1.165) is 35.6 Å². The molecular formula is C13H20N4. The van der Waals surface area contributed by atoms with Crippen LogP contribution >= 0.6 is 0 Å². The summed E-state index contributed by atoms with van der Waals surface area (Å²) in [5.41, 5.74) is 9.82. The Morgan fingerprint density at radius 1 is 1.35 bits per heavy atom. The van der Waals surface area contributed by atoms with Gasteiger partial charge in [0.05, 0.1) is 17.1 Å². The van der Waals surface area contributed by atoms with Gasteiger partial charge in [-0.15, -0.1) is 0 Å². The highest BCUT2D eigenvalue weighted by molar-refractivity contribution is 5.41. The second kappa shape index (κ2) is 4.84. The predicted molar refractivity (Wildman–Crippen MR) is 69.0 cm³/mol. The number of nitrogens with zero attached hydrogens (tertiary/aromatic N) is 3. The quantitative estimate of drug-likeness (QED) is 0.873. The monoisotopic (exact) mass is 232 g/mol. The van der Waals surface area contributed by atoms with E-state index in [1.807, 2.05) is 17.5 Å². The molecule has 0 saturated heterocycles. The van der Waals surface area contributed by atoms with Gasteiger partial charge in [0, 0.05) is 6.42 Å². The zero-order chi connectivity index (χ0) is 12.4. The molecular weight excluding hydrogens is 212 g/mol. The van der Waals surface area contributed by atoms with E-state index < -0.39 is 0 Å². The Balaban J connectivity index is 2.46. The van der Waals surface area contributed by atoms with Crippen LogP contribution in [-0.2, 0) is 12.8 Å². The number of aromatic nitrogens is 3. The molecule has 0 saturated carbocycles. The van der Waals surface area contributed by atoms with Crippen molar-refractivity contribution in [2.75, 3.05) is 6.54 Å². The van der Waals surface area contributed by atoms with Gasteiger partial charge in [-0.3, -0.25) is 0 Å². The zero-order valence-electron chi connectivity index (χ0n) is 10.8. The molecule has 17 heavy (non-hydrogen) atoms. The van der Waals surface area contributed by atoms with E-state index in [2.05, 4.69) is 30.0 Å². The van der Waals surface area contributed by atoms with Crippen molar-refractivity contribution in [3.8, 4) is 0 Å². The molecule has 0 bridgehead atoms. The highest BCUT2D eigenvalue weighted by atomic mass is 15.3. The number of hydrogen-bond acceptors (Lipinski definition) is 3. The van der Waals surface area contributed by atoms with Crippen LogP contribution in [0.2, 0.25) is 0 Å². The van der Waals surface area contributed by atoms with Crippen molar-refractivity contribution in [2.24, 2.45) is 11.7 Å². The van der Waals surface area contributed by atoms with Crippen LogP contribution in [-0.4, -0.2) is 21.1 Å². The van der Waals surface area contributed by atoms with Gasteiger partial charge in [0.2, 0.25) is 0 Å². The van der Waals surface area contributed by atoms with Crippen molar-refractivity contribution in [3.05, 3.63) is 29.2 Å². The van der Waals surface area contributed by atoms with E-state index in [1.165, 1.54) is 0 Å². The first-order chi connectivity index (χ1) is 8.11. The second-order valence-corrected chi connectivity index (χ2v) is 4.88. The van der Waals surface area contributed by atoms with Crippen molar-refractivity contribution in [3.63, 3.8) is 0 Å². The molecule has 0 aromatic carbocycles. The molecule has 4 nitrogen and oxygen atoms in total. The van der Waals surface area contributed by atoms with E-state index in [9.17, 15) is 0 Å². The first kappa shape index (κ1) is 12.0. The first-order valence-electron chi connectivity index (χ1n) is 6.16. The average molecular weight is 232 g/mol. The highest BCUT2D eigenvalue weighted by Crippen LogP contribution is 2.13. The molecule has 2 aromatic rings. The average Bonchev–Trinajstić information content (AvgIpc) is 2.55. The van der Waals surface area contributed by atoms with Crippen LogP contribution in [0.15, 0.2) is 12.1 Å². The summed E-state index contributed by atoms with van der Waals surface area (Å²) in [6.07, 6.45) is 1.82. The fourth-order valence-electron chi connectivity index (χ4n) is 2.08. The lowest BCUT2D eigenvalue weighted by molar-refractivity contribution is 0.621. The third-order valence-corrected chi connectivity index (χ3v) is 2.82. The standard InChI is InChI=1S/C13H20N4/c1-9(2)8-11-4-5-13-15-10(3)12(6-7-14)17(13)16-11/h4-5,9H,6-8,14H2,1-3H3. The molecule has 2 N–H and O–H groups in total. The third-order valence-electron chi connectivity index (χ3n) is 2.82. The smallest absolute Gasteiger partial charge is 0.154 e. The van der Waals surface area contributed by atoms with Crippen LogP contribution in [0.1, 0.15) is 30.9 Å². The third kappa shape index (κ3) is 2.47. The normalized spacial score (nSPS) is 11.6. The topological polar surface area (TPSA) is 56.2 Å². The minimum absolute atomic E-state index is 0.613. The highest BCUT2D eigenvalue weighted by Gasteiger charge is 2.10. The van der Waals surface area contributed by atoms with Gasteiger partial charge >= 0.3 is 0 Å². The van der Waals surface area contributed by atoms with Crippen molar-refractivity contribution in [1.82, 2.24) is 14.6 Å². The summed E-state index contributed by atoms with van der Waals surface area (Å²) in [6, 6.07) is 4.10. The minimum atomic E-state index is 0.613. The molecule has 2 rings (SSSR count). The SMILES string of the molecule is Cc1nc2ccc(CC(C)C)nn2c1CCN. The van der Waals surface area contributed by atoms with Crippen molar-refractivity contribution in [1.29, 1.82) is 0 Å². The van der Waals surface area contributed by atoms with E-state index >= 15 is 0 Å². The van der Waals surface area contributed by atoms with E-state index in [-0.39, 0.29) is 0 Å². The van der Waals surface area contributed by atoms with Gasteiger partial charge in [-0.1, -0.05) is 13.8 Å². The maximum absolute atomic E-state index is 5.63. The van der Waals surface area contributed by atoms with Crippen LogP contribution < -0.4 is 5.73 Å². The predicted octanol–water partition coefficient (Wildman–Crippen LogP) is 1.74. The molecule has 0 amide bonds. The first-order valence-corrected chi connectivity index (χ1v) is 6.16. The molecule has 0 radical (unpaired) electrons. The molecule has 4 heteroatoms. The van der Waals surface area contributed by atoms with Crippen LogP contribution in [0.3, 0.4) is 0 Å². The summed E-state index contributed by atoms with van der Waals surface area (Å²) in [5, 5.41) is 4.65. The van der Waals surface area contributed by atoms with Gasteiger partial charge in [-0.25, -0.2) is 9.50 Å². The summed E-state index contributed by atoms with van der Waals surface area (Å²) in [7, 11) is 0. The van der Waals surface area contributed by atoms with Gasteiger partial charge in [0.25, 0.3) is 0 Å². The Morgan fingerprint density at radius 3 is 2.76 bits per heavy atom. The number of nitrogens with two attached hydrogens (primary N) is 1. The molecule has 2 aromatic heterocycles. The van der Waals surface area contributed by atoms with Gasteiger partial charge in [0.1, 0.15) is 0 Å². The van der Waals surface area contributed by atoms with Crippen molar-refractivity contribution >= 4 is 5.65 Å². The molecule has 0 aliphatic rings. The Kier molecular flexibility index (Phi) is 3.43. The second-order valence-electron chi connectivity index (χ2n) is 4.88. The van der Waals surface area contributed by atoms with Crippen molar-refractivity contribution in [2.45, 2.75) is 33.6 Å². The Hall–Kier alpha value is -1.42. The molecule has 0 atom stereocenters. The van der Waals surface area contributed by atoms with Crippen LogP contribution in [0.4, 0.5) is 0 Å². The summed E-state index contributed by atoms with van der Waals surface area (Å²) in [5.74, 6) is 0.613. The molecule has 0 aliphatic heterocycles. The molecule has 92 valence electrons. The van der Waals surface area contributed by atoms with Gasteiger partial charge in [-0.2, -0.15) is 5.10 Å². The zero-order valence-corrected chi connectivity index (χ0v) is 10.8. The lowest BCUT2D eigenvalue weighted by atomic mass is 10.1. The van der Waals surface area contributed by atoms with Crippen molar-refractivity contribution < 1.29 is 0 Å². The Labute approximate surface area is 102 Å². The summed E-state index contributed by atoms with van der Waals surface area (Å²) in [4.78, 5) is 4.50. The fraction of sp³-hybridized carbons (Fsp3) is 0.538. The van der Waals surface area contributed by atoms with Crippen LogP contribution in [0.5, 0.6) is 0 Å². The maximum atomic E-state index is 5.63. The van der Waals surface area contributed by atoms with E-state index in [0.29, 0.717) is 12.5 Å². The molecule has 2 heterocycles. The van der Waals surface area contributed by atoms with Crippen LogP contribution in [0, 0.1) is 12.8 Å². The van der Waals surface area contributed by atoms with Gasteiger partial charge in [-0.05, 0) is 37.9 Å². The Morgan fingerprint density at radius 2 is 2.12 bits per heavy atom. The minimum Gasteiger partial charge on any atom is -0.330 e. The number of fused-ring (bicyclic) bond motifs is 1. The van der Waals surface area contributed by atoms with Gasteiger partial charge in [0.15, 0.2) is 5.65 Å². The molecule has 0 spiro atoms. The van der Waals surface area contributed by atoms with E-state index in [1.54, 1.807) is 0 Å². The largest absolute Gasteiger partial charge is 0.330 e. The number of aryl methyl sites for hydroxylation is 1. The van der Waals surface area contributed by atoms with E-state index in [4.69, 9.17) is 5.73 Å². The fourth-order valence-corrected chi connectivity index (χ4v) is 2.08. The number of rotatable bonds is 4. The maximum Gasteiger partial charge on any atom is 0.154 e. The molecule has 0 unspecified atom stereocenters. The van der Waals surface area contributed by atoms with Crippen LogP contribution in [0.25, 0.3) is 5.65 Å². The molecule has 0 aliphatic carbocycles. The number of imidazole rings is 1. The summed E-state index contributed by atoms with van der Waals surface area (Å²) < 4.78 is 1.94. The molecule has 0 fully saturated rings. The van der Waals surface area contributed by atoms with Gasteiger partial charge < -0.3 is 5.73 Å². The summed E-state index contributed by atoms with van der Waals surface area (Å²) >= 11 is 0. The summed E-state index contributed by atoms with van der Waals surface area (Å²) in [6.45, 7) is 7.05. The lowest BCUT2D eigenvalue weighted by Crippen LogP contribution is -2.09.